The molecule has 2 N–H and O–H groups in total. The molecule has 0 aromatic heterocycles. The number of hydrogen-bond donors (Lipinski definition) is 2. The van der Waals surface area contributed by atoms with Gasteiger partial charge in [-0.3, -0.25) is 9.52 Å². The number of carbonyl (C=O) groups excluding carboxylic acids is 1. The summed E-state index contributed by atoms with van der Waals surface area (Å²) in [6, 6.07) is 20.9. The van der Waals surface area contributed by atoms with Gasteiger partial charge in [0.2, 0.25) is 0 Å². The van der Waals surface area contributed by atoms with Gasteiger partial charge in [0.1, 0.15) is 5.75 Å². The topological polar surface area (TPSA) is 84.5 Å². The average Bonchev–Trinajstić information content (AvgIpc) is 2.74. The number of carbonyl (C=O) groups is 1. The van der Waals surface area contributed by atoms with Gasteiger partial charge >= 0.3 is 0 Å². The predicted molar refractivity (Wildman–Crippen MR) is 114 cm³/mol. The molecule has 0 heterocycles. The summed E-state index contributed by atoms with van der Waals surface area (Å²) in [6.45, 7) is 2.20. The van der Waals surface area contributed by atoms with E-state index >= 15 is 0 Å². The molecule has 0 saturated heterocycles. The van der Waals surface area contributed by atoms with E-state index in [0.29, 0.717) is 18.0 Å². The molecule has 0 fully saturated rings. The molecule has 1 amide bonds. The molecule has 7 heteroatoms. The normalized spacial score (nSPS) is 11.0. The zero-order valence-corrected chi connectivity index (χ0v) is 17.0. The molecular weight excluding hydrogens is 388 g/mol. The van der Waals surface area contributed by atoms with E-state index in [1.54, 1.807) is 19.1 Å². The van der Waals surface area contributed by atoms with Crippen LogP contribution in [0.25, 0.3) is 11.1 Å². The van der Waals surface area contributed by atoms with Crippen molar-refractivity contribution in [2.75, 3.05) is 18.4 Å². The first-order valence-corrected chi connectivity index (χ1v) is 10.6. The average molecular weight is 410 g/mol. The fourth-order valence-electron chi connectivity index (χ4n) is 2.93. The van der Waals surface area contributed by atoms with Crippen LogP contribution in [0.4, 0.5) is 5.69 Å². The first-order chi connectivity index (χ1) is 14.0. The van der Waals surface area contributed by atoms with Crippen molar-refractivity contribution in [1.82, 2.24) is 5.32 Å². The van der Waals surface area contributed by atoms with Crippen molar-refractivity contribution < 1.29 is 17.9 Å². The van der Waals surface area contributed by atoms with E-state index in [1.807, 2.05) is 42.5 Å². The molecule has 3 aromatic carbocycles. The molecule has 0 bridgehead atoms. The number of benzene rings is 3. The van der Waals surface area contributed by atoms with Crippen molar-refractivity contribution in [3.63, 3.8) is 0 Å². The van der Waals surface area contributed by atoms with Gasteiger partial charge in [-0.1, -0.05) is 48.5 Å². The van der Waals surface area contributed by atoms with E-state index in [4.69, 9.17) is 4.74 Å². The van der Waals surface area contributed by atoms with Crippen molar-refractivity contribution in [3.8, 4) is 16.9 Å². The number of para-hydroxylation sites is 1. The molecule has 29 heavy (non-hydrogen) atoms. The van der Waals surface area contributed by atoms with Crippen LogP contribution in [0.5, 0.6) is 5.75 Å². The molecule has 0 atom stereocenters. The molecule has 0 aliphatic carbocycles. The number of sulfonamides is 1. The SMILES string of the molecule is CCNC(=O)c1cc(S(=O)(=O)Nc2ccccc2-c2ccccc2)ccc1OC. The summed E-state index contributed by atoms with van der Waals surface area (Å²) < 4.78 is 33.9. The highest BCUT2D eigenvalue weighted by atomic mass is 32.2. The third kappa shape index (κ3) is 4.57. The lowest BCUT2D eigenvalue weighted by Gasteiger charge is -2.14. The van der Waals surface area contributed by atoms with Gasteiger partial charge < -0.3 is 10.1 Å². The van der Waals surface area contributed by atoms with Crippen LogP contribution in [0.3, 0.4) is 0 Å². The lowest BCUT2D eigenvalue weighted by molar-refractivity contribution is 0.0952. The van der Waals surface area contributed by atoms with Crippen LogP contribution in [0.2, 0.25) is 0 Å². The van der Waals surface area contributed by atoms with E-state index in [1.165, 1.54) is 25.3 Å². The van der Waals surface area contributed by atoms with Gasteiger partial charge in [-0.05, 0) is 36.8 Å². The predicted octanol–water partition coefficient (Wildman–Crippen LogP) is 3.91. The van der Waals surface area contributed by atoms with Gasteiger partial charge in [0.15, 0.2) is 0 Å². The Balaban J connectivity index is 1.99. The van der Waals surface area contributed by atoms with Gasteiger partial charge in [-0.25, -0.2) is 8.42 Å². The maximum Gasteiger partial charge on any atom is 0.261 e. The van der Waals surface area contributed by atoms with Crippen LogP contribution in [0.15, 0.2) is 77.7 Å². The van der Waals surface area contributed by atoms with Crippen LogP contribution < -0.4 is 14.8 Å². The fraction of sp³-hybridized carbons (Fsp3) is 0.136. The minimum absolute atomic E-state index is 0.0255. The number of nitrogens with one attached hydrogen (secondary N) is 2. The first-order valence-electron chi connectivity index (χ1n) is 9.09. The number of anilines is 1. The van der Waals surface area contributed by atoms with Gasteiger partial charge in [0, 0.05) is 12.1 Å². The van der Waals surface area contributed by atoms with E-state index in [0.717, 1.165) is 11.1 Å². The van der Waals surface area contributed by atoms with Crippen molar-refractivity contribution in [2.45, 2.75) is 11.8 Å². The minimum atomic E-state index is -3.93. The Morgan fingerprint density at radius 1 is 0.966 bits per heavy atom. The highest BCUT2D eigenvalue weighted by Crippen LogP contribution is 2.30. The molecule has 0 aliphatic heterocycles. The molecule has 0 aliphatic rings. The van der Waals surface area contributed by atoms with Crippen LogP contribution in [0.1, 0.15) is 17.3 Å². The second-order valence-electron chi connectivity index (χ2n) is 6.24. The summed E-state index contributed by atoms with van der Waals surface area (Å²) in [5.74, 6) is -0.0920. The maximum absolute atomic E-state index is 13.0. The summed E-state index contributed by atoms with van der Waals surface area (Å²) in [5.41, 5.74) is 2.26. The summed E-state index contributed by atoms with van der Waals surface area (Å²) in [5, 5.41) is 2.66. The third-order valence-corrected chi connectivity index (χ3v) is 5.68. The molecule has 3 rings (SSSR count). The van der Waals surface area contributed by atoms with Crippen molar-refractivity contribution in [3.05, 3.63) is 78.4 Å². The lowest BCUT2D eigenvalue weighted by atomic mass is 10.0. The van der Waals surface area contributed by atoms with Gasteiger partial charge in [0.25, 0.3) is 15.9 Å². The Morgan fingerprint density at radius 3 is 2.34 bits per heavy atom. The third-order valence-electron chi connectivity index (χ3n) is 4.32. The van der Waals surface area contributed by atoms with Crippen LogP contribution >= 0.6 is 0 Å². The van der Waals surface area contributed by atoms with Crippen molar-refractivity contribution in [2.24, 2.45) is 0 Å². The smallest absolute Gasteiger partial charge is 0.261 e. The monoisotopic (exact) mass is 410 g/mol. The largest absolute Gasteiger partial charge is 0.496 e. The Labute approximate surface area is 170 Å². The maximum atomic E-state index is 13.0. The highest BCUT2D eigenvalue weighted by Gasteiger charge is 2.21. The zero-order valence-electron chi connectivity index (χ0n) is 16.2. The molecule has 0 saturated carbocycles. The molecule has 0 radical (unpaired) electrons. The number of hydrogen-bond acceptors (Lipinski definition) is 4. The Bertz CT molecular complexity index is 1110. The van der Waals surface area contributed by atoms with Gasteiger partial charge in [-0.15, -0.1) is 0 Å². The molecule has 0 spiro atoms. The second kappa shape index (κ2) is 8.79. The summed E-state index contributed by atoms with van der Waals surface area (Å²) in [6.07, 6.45) is 0. The van der Waals surface area contributed by atoms with E-state index in [9.17, 15) is 13.2 Å². The molecular formula is C22H22N2O4S. The number of methoxy groups -OCH3 is 1. The first kappa shape index (κ1) is 20.4. The molecule has 6 nitrogen and oxygen atoms in total. The lowest BCUT2D eigenvalue weighted by Crippen LogP contribution is -2.24. The van der Waals surface area contributed by atoms with Gasteiger partial charge in [-0.2, -0.15) is 0 Å². The molecule has 0 unspecified atom stereocenters. The Hall–Kier alpha value is -3.32. The number of amides is 1. The van der Waals surface area contributed by atoms with E-state index in [-0.39, 0.29) is 10.5 Å². The molecule has 150 valence electrons. The quantitative estimate of drug-likeness (QED) is 0.618. The van der Waals surface area contributed by atoms with E-state index < -0.39 is 15.9 Å². The second-order valence-corrected chi connectivity index (χ2v) is 7.92. The van der Waals surface area contributed by atoms with Crippen LogP contribution in [0, 0.1) is 0 Å². The number of rotatable bonds is 7. The highest BCUT2D eigenvalue weighted by molar-refractivity contribution is 7.92. The summed E-state index contributed by atoms with van der Waals surface area (Å²) >= 11 is 0. The fourth-order valence-corrected chi connectivity index (χ4v) is 4.04. The van der Waals surface area contributed by atoms with Gasteiger partial charge in [0.05, 0.1) is 23.3 Å². The zero-order chi connectivity index (χ0) is 20.9. The van der Waals surface area contributed by atoms with Crippen LogP contribution in [-0.2, 0) is 10.0 Å². The summed E-state index contributed by atoms with van der Waals surface area (Å²) in [7, 11) is -2.49. The minimum Gasteiger partial charge on any atom is -0.496 e. The van der Waals surface area contributed by atoms with Crippen LogP contribution in [-0.4, -0.2) is 28.0 Å². The van der Waals surface area contributed by atoms with Crippen molar-refractivity contribution >= 4 is 21.6 Å². The standard InChI is InChI=1S/C22H22N2O4S/c1-3-23-22(25)19-15-17(13-14-21(19)28-2)29(26,27)24-20-12-8-7-11-18(20)16-9-5-4-6-10-16/h4-15,24H,3H2,1-2H3,(H,23,25). The van der Waals surface area contributed by atoms with E-state index in [2.05, 4.69) is 10.0 Å². The Kier molecular flexibility index (Phi) is 6.19. The summed E-state index contributed by atoms with van der Waals surface area (Å²) in [4.78, 5) is 12.3. The number of ether oxygens (including phenoxy) is 1. The Morgan fingerprint density at radius 2 is 1.66 bits per heavy atom. The van der Waals surface area contributed by atoms with Crippen molar-refractivity contribution in [1.29, 1.82) is 0 Å². The molecule has 3 aromatic rings.